The monoisotopic (exact) mass is 334 g/mol. The van der Waals surface area contributed by atoms with Gasteiger partial charge in [0.25, 0.3) is 0 Å². The molecule has 1 aromatic rings. The molecule has 0 unspecified atom stereocenters. The molecule has 0 spiro atoms. The normalized spacial score (nSPS) is 24.2. The fraction of sp³-hybridized carbons (Fsp3) is 0.412. The summed E-state index contributed by atoms with van der Waals surface area (Å²) in [6, 6.07) is 7.69. The third-order valence-electron chi connectivity index (χ3n) is 3.90. The average Bonchev–Trinajstić information content (AvgIpc) is 2.96. The molecule has 3 nitrogen and oxygen atoms in total. The van der Waals surface area contributed by atoms with Gasteiger partial charge in [-0.2, -0.15) is 0 Å². The predicted molar refractivity (Wildman–Crippen MR) is 94.8 cm³/mol. The molecule has 1 aromatic carbocycles. The zero-order valence-electron chi connectivity index (χ0n) is 12.5. The third-order valence-corrected chi connectivity index (χ3v) is 5.35. The van der Waals surface area contributed by atoms with E-state index in [4.69, 9.17) is 11.6 Å². The highest BCUT2D eigenvalue weighted by Crippen LogP contribution is 2.30. The van der Waals surface area contributed by atoms with Gasteiger partial charge in [-0.1, -0.05) is 35.5 Å². The van der Waals surface area contributed by atoms with Crippen LogP contribution in [0.2, 0.25) is 5.02 Å². The molecule has 0 fully saturated rings. The molecule has 116 valence electrons. The van der Waals surface area contributed by atoms with E-state index in [1.807, 2.05) is 24.3 Å². The maximum Gasteiger partial charge on any atom is 0.236 e. The van der Waals surface area contributed by atoms with Crippen LogP contribution in [0, 0.1) is 5.92 Å². The lowest BCUT2D eigenvalue weighted by atomic mass is 9.93. The number of aliphatic imine (C=N–C) groups is 1. The summed E-state index contributed by atoms with van der Waals surface area (Å²) in [5, 5.41) is 1.49. The van der Waals surface area contributed by atoms with Gasteiger partial charge in [-0.3, -0.25) is 14.7 Å². The molecular weight excluding hydrogens is 316 g/mol. The second-order valence-corrected chi connectivity index (χ2v) is 7.13. The van der Waals surface area contributed by atoms with Crippen LogP contribution in [-0.2, 0) is 4.79 Å². The van der Waals surface area contributed by atoms with Crippen molar-refractivity contribution >= 4 is 40.1 Å². The maximum absolute atomic E-state index is 13.0. The van der Waals surface area contributed by atoms with Crippen molar-refractivity contribution in [2.45, 2.75) is 32.2 Å². The number of benzene rings is 1. The van der Waals surface area contributed by atoms with Crippen LogP contribution in [-0.4, -0.2) is 22.9 Å². The van der Waals surface area contributed by atoms with Gasteiger partial charge >= 0.3 is 0 Å². The van der Waals surface area contributed by atoms with Crippen molar-refractivity contribution < 1.29 is 4.79 Å². The molecule has 22 heavy (non-hydrogen) atoms. The highest BCUT2D eigenvalue weighted by Gasteiger charge is 2.31. The lowest BCUT2D eigenvalue weighted by Gasteiger charge is -2.27. The fourth-order valence-electron chi connectivity index (χ4n) is 2.70. The summed E-state index contributed by atoms with van der Waals surface area (Å²) in [7, 11) is 0. The van der Waals surface area contributed by atoms with Gasteiger partial charge in [0, 0.05) is 16.7 Å². The molecule has 2 atom stereocenters. The van der Waals surface area contributed by atoms with E-state index in [0.29, 0.717) is 5.02 Å². The Labute approximate surface area is 140 Å². The average molecular weight is 335 g/mol. The van der Waals surface area contributed by atoms with Crippen LogP contribution >= 0.6 is 23.4 Å². The first-order chi connectivity index (χ1) is 10.6. The summed E-state index contributed by atoms with van der Waals surface area (Å²) >= 11 is 7.63. The van der Waals surface area contributed by atoms with Crippen molar-refractivity contribution in [3.8, 4) is 0 Å². The Morgan fingerprint density at radius 2 is 2.09 bits per heavy atom. The smallest absolute Gasteiger partial charge is 0.236 e. The minimum atomic E-state index is 0.0416. The highest BCUT2D eigenvalue weighted by atomic mass is 35.5. The molecule has 1 amide bonds. The van der Waals surface area contributed by atoms with Crippen molar-refractivity contribution in [1.29, 1.82) is 0 Å². The summed E-state index contributed by atoms with van der Waals surface area (Å²) < 4.78 is 0. The van der Waals surface area contributed by atoms with Gasteiger partial charge in [0.05, 0.1) is 11.7 Å². The molecule has 0 saturated carbocycles. The molecule has 0 bridgehead atoms. The summed E-state index contributed by atoms with van der Waals surface area (Å²) in [5.41, 5.74) is 0.851. The summed E-state index contributed by atoms with van der Waals surface area (Å²) in [4.78, 5) is 19.5. The number of carbonyl (C=O) groups excluding carboxylic acids is 1. The topological polar surface area (TPSA) is 32.7 Å². The van der Waals surface area contributed by atoms with E-state index in [-0.39, 0.29) is 17.9 Å². The van der Waals surface area contributed by atoms with Crippen molar-refractivity contribution in [3.05, 3.63) is 41.4 Å². The second kappa shape index (κ2) is 6.88. The largest absolute Gasteiger partial charge is 0.274 e. The third kappa shape index (κ3) is 3.39. The first kappa shape index (κ1) is 15.6. The minimum absolute atomic E-state index is 0.0416. The zero-order valence-corrected chi connectivity index (χ0v) is 14.1. The lowest BCUT2D eigenvalue weighted by molar-refractivity contribution is -0.121. The molecule has 0 saturated heterocycles. The number of thioether (sulfide) groups is 1. The Hall–Kier alpha value is -1.26. The van der Waals surface area contributed by atoms with E-state index in [1.54, 1.807) is 16.7 Å². The van der Waals surface area contributed by atoms with Crippen molar-refractivity contribution in [1.82, 2.24) is 0 Å². The molecule has 1 aliphatic heterocycles. The number of nitrogens with zero attached hydrogens (tertiary/aromatic N) is 2. The van der Waals surface area contributed by atoms with Crippen LogP contribution in [0.25, 0.3) is 0 Å². The van der Waals surface area contributed by atoms with Gasteiger partial charge in [-0.15, -0.1) is 0 Å². The van der Waals surface area contributed by atoms with Gasteiger partial charge in [-0.25, -0.2) is 0 Å². The summed E-state index contributed by atoms with van der Waals surface area (Å²) in [6.45, 7) is 2.08. The number of carbonyl (C=O) groups is 1. The number of amides is 1. The Bertz CT molecular complexity index is 612. The molecule has 1 heterocycles. The number of rotatable bonds is 2. The van der Waals surface area contributed by atoms with E-state index in [9.17, 15) is 4.79 Å². The SMILES string of the molecule is C[C@@H]1CSC(N(C(=O)[C@@H]2CC=CCC2)c2ccc(Cl)cc2)=N1. The Morgan fingerprint density at radius 1 is 1.32 bits per heavy atom. The Kier molecular flexibility index (Phi) is 4.89. The van der Waals surface area contributed by atoms with E-state index in [1.165, 1.54) is 0 Å². The molecule has 5 heteroatoms. The van der Waals surface area contributed by atoms with E-state index >= 15 is 0 Å². The number of allylic oxidation sites excluding steroid dienone is 2. The highest BCUT2D eigenvalue weighted by molar-refractivity contribution is 8.14. The van der Waals surface area contributed by atoms with Gasteiger partial charge < -0.3 is 0 Å². The zero-order chi connectivity index (χ0) is 15.5. The number of hydrogen-bond acceptors (Lipinski definition) is 3. The quantitative estimate of drug-likeness (QED) is 0.745. The van der Waals surface area contributed by atoms with Crippen molar-refractivity contribution in [3.63, 3.8) is 0 Å². The fourth-order valence-corrected chi connectivity index (χ4v) is 3.87. The molecule has 0 aromatic heterocycles. The second-order valence-electron chi connectivity index (χ2n) is 5.70. The summed E-state index contributed by atoms with van der Waals surface area (Å²) in [5.74, 6) is 1.11. The Balaban J connectivity index is 1.92. The molecule has 2 aliphatic rings. The molecule has 0 radical (unpaired) electrons. The molecule has 0 N–H and O–H groups in total. The van der Waals surface area contributed by atoms with Crippen molar-refractivity contribution in [2.75, 3.05) is 10.7 Å². The first-order valence-electron chi connectivity index (χ1n) is 7.60. The predicted octanol–water partition coefficient (Wildman–Crippen LogP) is 4.52. The molecule has 3 rings (SSSR count). The first-order valence-corrected chi connectivity index (χ1v) is 8.96. The van der Waals surface area contributed by atoms with E-state index in [0.717, 1.165) is 35.9 Å². The van der Waals surface area contributed by atoms with E-state index < -0.39 is 0 Å². The number of amidine groups is 1. The van der Waals surface area contributed by atoms with Crippen LogP contribution in [0.3, 0.4) is 0 Å². The molecule has 1 aliphatic carbocycles. The van der Waals surface area contributed by atoms with Crippen LogP contribution < -0.4 is 4.90 Å². The van der Waals surface area contributed by atoms with Crippen LogP contribution in [0.1, 0.15) is 26.2 Å². The lowest BCUT2D eigenvalue weighted by Crippen LogP contribution is -2.39. The van der Waals surface area contributed by atoms with Gasteiger partial charge in [0.15, 0.2) is 5.17 Å². The van der Waals surface area contributed by atoms with Gasteiger partial charge in [-0.05, 0) is 50.5 Å². The Morgan fingerprint density at radius 3 is 2.68 bits per heavy atom. The van der Waals surface area contributed by atoms with Gasteiger partial charge in [0.1, 0.15) is 0 Å². The minimum Gasteiger partial charge on any atom is -0.274 e. The standard InChI is InChI=1S/C17H19ClN2OS/c1-12-11-22-17(19-12)20(15-9-7-14(18)8-10-15)16(21)13-5-3-2-4-6-13/h2-3,7-10,12-13H,4-6,11H2,1H3/t12-,13-/m1/s1. The van der Waals surface area contributed by atoms with Crippen LogP contribution in [0.5, 0.6) is 0 Å². The maximum atomic E-state index is 13.0. The van der Waals surface area contributed by atoms with Crippen LogP contribution in [0.15, 0.2) is 41.4 Å². The van der Waals surface area contributed by atoms with Crippen LogP contribution in [0.4, 0.5) is 5.69 Å². The van der Waals surface area contributed by atoms with E-state index in [2.05, 4.69) is 24.1 Å². The summed E-state index contributed by atoms with van der Waals surface area (Å²) in [6.07, 6.45) is 6.96. The molecular formula is C17H19ClN2OS. The number of halogens is 1. The number of anilines is 1. The van der Waals surface area contributed by atoms with Gasteiger partial charge in [0.2, 0.25) is 5.91 Å². The van der Waals surface area contributed by atoms with Crippen molar-refractivity contribution in [2.24, 2.45) is 10.9 Å². The number of hydrogen-bond donors (Lipinski definition) is 0.